The molecule has 0 fully saturated rings. The zero-order valence-electron chi connectivity index (χ0n) is 5.59. The van der Waals surface area contributed by atoms with Crippen molar-refractivity contribution in [3.8, 4) is 0 Å². The van der Waals surface area contributed by atoms with Gasteiger partial charge in [0.2, 0.25) is 0 Å². The van der Waals surface area contributed by atoms with Crippen molar-refractivity contribution in [2.45, 2.75) is 0 Å². The SMILES string of the molecule is [Hg].[Hg]\[CH]=C/C=C\C=[CH]/[Hg]. The first kappa shape index (κ1) is 13.6. The van der Waals surface area contributed by atoms with Gasteiger partial charge in [0.05, 0.1) is 0 Å². The van der Waals surface area contributed by atoms with Gasteiger partial charge in [0.25, 0.3) is 0 Å². The maximum atomic E-state index is 2.21. The first-order chi connectivity index (χ1) is 3.91. The fourth-order valence-corrected chi connectivity index (χ4v) is 1.51. The van der Waals surface area contributed by atoms with Gasteiger partial charge in [-0.1, -0.05) is 0 Å². The van der Waals surface area contributed by atoms with Crippen LogP contribution in [-0.2, 0) is 79.9 Å². The fraction of sp³-hybridized carbons (Fsp3) is 0. The summed E-state index contributed by atoms with van der Waals surface area (Å²) in [4.78, 5) is 0. The van der Waals surface area contributed by atoms with Crippen LogP contribution < -0.4 is 0 Å². The Bertz CT molecular complexity index is 99.5. The van der Waals surface area contributed by atoms with E-state index in [4.69, 9.17) is 0 Å². The second-order valence-corrected chi connectivity index (χ2v) is 4.91. The average Bonchev–Trinajstić information content (AvgIpc) is 1.81. The summed E-state index contributed by atoms with van der Waals surface area (Å²) in [6.45, 7) is 0. The van der Waals surface area contributed by atoms with E-state index in [0.29, 0.717) is 0 Å². The number of rotatable bonds is 2. The Morgan fingerprint density at radius 3 is 1.22 bits per heavy atom. The molecule has 9 heavy (non-hydrogen) atoms. The van der Waals surface area contributed by atoms with Crippen LogP contribution in [0.1, 0.15) is 0 Å². The third kappa shape index (κ3) is 13.1. The molecular formula is C6H6Hg3. The van der Waals surface area contributed by atoms with Crippen molar-refractivity contribution < 1.29 is 79.9 Å². The first-order valence-electron chi connectivity index (χ1n) is 2.48. The van der Waals surface area contributed by atoms with E-state index in [1.54, 1.807) is 0 Å². The van der Waals surface area contributed by atoms with Crippen LogP contribution in [0.2, 0.25) is 0 Å². The molecule has 0 atom stereocenters. The number of hydrogen-bond donors (Lipinski definition) is 0. The van der Waals surface area contributed by atoms with Gasteiger partial charge < -0.3 is 0 Å². The van der Waals surface area contributed by atoms with Crippen molar-refractivity contribution in [2.75, 3.05) is 0 Å². The zero-order chi connectivity index (χ0) is 6.24. The molecule has 0 aliphatic carbocycles. The fourth-order valence-electron chi connectivity index (χ4n) is 0.285. The Kier molecular flexibility index (Phi) is 19.2. The van der Waals surface area contributed by atoms with Crippen LogP contribution in [0, 0.1) is 0 Å². The molecule has 0 aromatic rings. The molecule has 0 bridgehead atoms. The second-order valence-electron chi connectivity index (χ2n) is 1.24. The van der Waals surface area contributed by atoms with E-state index in [0.717, 1.165) is 52.2 Å². The molecule has 0 spiro atoms. The number of hydrogen-bond acceptors (Lipinski definition) is 0. The minimum atomic E-state index is 0. The molecule has 0 nitrogen and oxygen atoms in total. The maximum absolute atomic E-state index is 2.21. The summed E-state index contributed by atoms with van der Waals surface area (Å²) in [5, 5.41) is 0. The average molecular weight is 680 g/mol. The molecular weight excluding hydrogens is 674 g/mol. The summed E-state index contributed by atoms with van der Waals surface area (Å²) >= 11 is 1.65. The molecule has 36 valence electrons. The van der Waals surface area contributed by atoms with Gasteiger partial charge in [-0.05, 0) is 0 Å². The molecule has 0 aromatic heterocycles. The van der Waals surface area contributed by atoms with Crippen LogP contribution in [0.3, 0.4) is 0 Å². The van der Waals surface area contributed by atoms with Gasteiger partial charge in [0, 0.05) is 27.7 Å². The molecule has 0 aliphatic heterocycles. The van der Waals surface area contributed by atoms with Gasteiger partial charge >= 0.3 is 83.7 Å². The second kappa shape index (κ2) is 12.7. The van der Waals surface area contributed by atoms with Crippen molar-refractivity contribution in [1.82, 2.24) is 0 Å². The molecule has 0 saturated carbocycles. The summed E-state index contributed by atoms with van der Waals surface area (Å²) in [7, 11) is 0. The van der Waals surface area contributed by atoms with Crippen LogP contribution in [0.15, 0.2) is 31.5 Å². The van der Waals surface area contributed by atoms with Gasteiger partial charge in [-0.2, -0.15) is 0 Å². The standard InChI is InChI=1S/C6H6.3Hg/c1-3-5-6-4-2;;;/h1-6H;;;/b3-1?,4-2?,6-5-;;;. The van der Waals surface area contributed by atoms with E-state index in [2.05, 4.69) is 31.5 Å². The van der Waals surface area contributed by atoms with Crippen molar-refractivity contribution in [3.05, 3.63) is 31.5 Å². The Morgan fingerprint density at radius 1 is 0.667 bits per heavy atom. The summed E-state index contributed by atoms with van der Waals surface area (Å²) in [5.41, 5.74) is 0. The molecule has 0 amide bonds. The molecule has 0 aliphatic rings. The van der Waals surface area contributed by atoms with Gasteiger partial charge in [0.1, 0.15) is 0 Å². The van der Waals surface area contributed by atoms with E-state index in [1.165, 1.54) is 0 Å². The predicted octanol–water partition coefficient (Wildman–Crippen LogP) is 1.66. The predicted molar refractivity (Wildman–Crippen MR) is 27.4 cm³/mol. The Balaban J connectivity index is 0. The Morgan fingerprint density at radius 2 is 1.00 bits per heavy atom. The Labute approximate surface area is 109 Å². The van der Waals surface area contributed by atoms with Gasteiger partial charge in [-0.15, -0.1) is 0 Å². The Hall–Kier alpha value is 2.03. The van der Waals surface area contributed by atoms with Crippen molar-refractivity contribution in [2.24, 2.45) is 0 Å². The molecule has 0 N–H and O–H groups in total. The van der Waals surface area contributed by atoms with Crippen molar-refractivity contribution >= 4 is 0 Å². The topological polar surface area (TPSA) is 0 Å². The van der Waals surface area contributed by atoms with Crippen molar-refractivity contribution in [1.29, 1.82) is 0 Å². The van der Waals surface area contributed by atoms with E-state index >= 15 is 0 Å². The molecule has 0 rings (SSSR count). The van der Waals surface area contributed by atoms with Crippen molar-refractivity contribution in [3.63, 3.8) is 0 Å². The van der Waals surface area contributed by atoms with Crippen LogP contribution in [0.5, 0.6) is 0 Å². The minimum absolute atomic E-state index is 0. The quantitative estimate of drug-likeness (QED) is 0.308. The van der Waals surface area contributed by atoms with Gasteiger partial charge in [-0.3, -0.25) is 0 Å². The molecule has 0 saturated heterocycles. The van der Waals surface area contributed by atoms with Crippen LogP contribution in [0.25, 0.3) is 0 Å². The third-order valence-electron chi connectivity index (χ3n) is 0.605. The summed E-state index contributed by atoms with van der Waals surface area (Å²) in [6.07, 6.45) is 8.38. The van der Waals surface area contributed by atoms with E-state index in [9.17, 15) is 0 Å². The molecule has 0 radical (unpaired) electrons. The summed E-state index contributed by atoms with van der Waals surface area (Å²) in [6, 6.07) is 0. The third-order valence-corrected chi connectivity index (χ3v) is 2.72. The summed E-state index contributed by atoms with van der Waals surface area (Å²) in [5.74, 6) is 0. The zero-order valence-corrected chi connectivity index (χ0v) is 22.1. The van der Waals surface area contributed by atoms with E-state index in [1.807, 2.05) is 0 Å². The van der Waals surface area contributed by atoms with Crippen LogP contribution >= 0.6 is 0 Å². The van der Waals surface area contributed by atoms with E-state index in [-0.39, 0.29) is 27.7 Å². The number of allylic oxidation sites excluding steroid dienone is 4. The first-order valence-corrected chi connectivity index (χ1v) is 8.83. The van der Waals surface area contributed by atoms with Crippen LogP contribution in [-0.4, -0.2) is 0 Å². The summed E-state index contributed by atoms with van der Waals surface area (Å²) < 4.78 is 4.42. The molecule has 0 unspecified atom stereocenters. The van der Waals surface area contributed by atoms with Crippen LogP contribution in [0.4, 0.5) is 0 Å². The van der Waals surface area contributed by atoms with Gasteiger partial charge in [0.15, 0.2) is 0 Å². The van der Waals surface area contributed by atoms with E-state index < -0.39 is 0 Å². The molecule has 3 heteroatoms. The van der Waals surface area contributed by atoms with Gasteiger partial charge in [-0.25, -0.2) is 0 Å². The monoisotopic (exact) mass is 684 g/mol. The molecule has 0 heterocycles. The normalized spacial score (nSPS) is 11.6. The molecule has 0 aromatic carbocycles.